The fourth-order valence-corrected chi connectivity index (χ4v) is 3.19. The van der Waals surface area contributed by atoms with Crippen LogP contribution in [-0.4, -0.2) is 12.6 Å². The van der Waals surface area contributed by atoms with Crippen molar-refractivity contribution in [2.45, 2.75) is 12.5 Å². The van der Waals surface area contributed by atoms with Crippen molar-refractivity contribution >= 4 is 34.8 Å². The van der Waals surface area contributed by atoms with Crippen LogP contribution in [0.25, 0.3) is 11.1 Å². The molecule has 0 aliphatic carbocycles. The summed E-state index contributed by atoms with van der Waals surface area (Å²) in [4.78, 5) is 0. The third kappa shape index (κ3) is 2.49. The molecule has 0 radical (unpaired) electrons. The van der Waals surface area contributed by atoms with Crippen molar-refractivity contribution in [3.63, 3.8) is 0 Å². The number of halogens is 3. The van der Waals surface area contributed by atoms with E-state index in [2.05, 4.69) is 0 Å². The summed E-state index contributed by atoms with van der Waals surface area (Å²) < 4.78 is 5.91. The molecule has 0 fully saturated rings. The molecule has 1 heterocycles. The van der Waals surface area contributed by atoms with Gasteiger partial charge < -0.3 is 10.5 Å². The quantitative estimate of drug-likeness (QED) is 0.876. The van der Waals surface area contributed by atoms with Crippen LogP contribution >= 0.6 is 34.8 Å². The number of nitrogens with two attached hydrogens (primary N) is 1. The molecule has 0 amide bonds. The zero-order chi connectivity index (χ0) is 14.3. The minimum Gasteiger partial charge on any atom is -0.488 e. The van der Waals surface area contributed by atoms with Gasteiger partial charge in [0.15, 0.2) is 0 Å². The molecular formula is C15H12Cl3NO. The van der Waals surface area contributed by atoms with Gasteiger partial charge in [-0.15, -0.1) is 0 Å². The topological polar surface area (TPSA) is 35.2 Å². The van der Waals surface area contributed by atoms with Crippen molar-refractivity contribution in [1.82, 2.24) is 0 Å². The highest BCUT2D eigenvalue weighted by Gasteiger charge is 2.26. The first-order chi connectivity index (χ1) is 9.58. The van der Waals surface area contributed by atoms with Crippen LogP contribution in [0.4, 0.5) is 0 Å². The van der Waals surface area contributed by atoms with E-state index < -0.39 is 0 Å². The summed E-state index contributed by atoms with van der Waals surface area (Å²) in [5.41, 5.74) is 8.49. The maximum atomic E-state index is 6.28. The number of fused-ring (bicyclic) bond motifs is 1. The molecular weight excluding hydrogens is 317 g/mol. The molecule has 1 atom stereocenters. The number of hydrogen-bond acceptors (Lipinski definition) is 2. The van der Waals surface area contributed by atoms with E-state index in [-0.39, 0.29) is 6.10 Å². The zero-order valence-corrected chi connectivity index (χ0v) is 12.8. The van der Waals surface area contributed by atoms with Gasteiger partial charge in [-0.2, -0.15) is 0 Å². The Morgan fingerprint density at radius 3 is 2.55 bits per heavy atom. The highest BCUT2D eigenvalue weighted by molar-refractivity contribution is 6.36. The first-order valence-electron chi connectivity index (χ1n) is 6.23. The number of hydrogen-bond donors (Lipinski definition) is 1. The van der Waals surface area contributed by atoms with Crippen LogP contribution in [0.3, 0.4) is 0 Å². The molecule has 0 spiro atoms. The van der Waals surface area contributed by atoms with Crippen LogP contribution < -0.4 is 10.5 Å². The fourth-order valence-electron chi connectivity index (χ4n) is 2.43. The van der Waals surface area contributed by atoms with E-state index in [9.17, 15) is 0 Å². The first-order valence-corrected chi connectivity index (χ1v) is 7.36. The molecule has 2 N–H and O–H groups in total. The molecule has 20 heavy (non-hydrogen) atoms. The van der Waals surface area contributed by atoms with Gasteiger partial charge in [0.2, 0.25) is 0 Å². The van der Waals surface area contributed by atoms with Crippen LogP contribution in [0.1, 0.15) is 5.56 Å². The van der Waals surface area contributed by atoms with Gasteiger partial charge in [0.05, 0.1) is 5.02 Å². The average molecular weight is 329 g/mol. The van der Waals surface area contributed by atoms with Crippen molar-refractivity contribution in [2.24, 2.45) is 5.73 Å². The summed E-state index contributed by atoms with van der Waals surface area (Å²) in [6, 6.07) is 9.15. The molecule has 1 aliphatic heterocycles. The van der Waals surface area contributed by atoms with Gasteiger partial charge in [0.25, 0.3) is 0 Å². The smallest absolute Gasteiger partial charge is 0.131 e. The third-order valence-corrected chi connectivity index (χ3v) is 4.11. The Hall–Kier alpha value is -0.930. The number of ether oxygens (including phenoxy) is 1. The van der Waals surface area contributed by atoms with E-state index in [1.807, 2.05) is 18.2 Å². The minimum atomic E-state index is -0.00621. The lowest BCUT2D eigenvalue weighted by molar-refractivity contribution is 0.242. The van der Waals surface area contributed by atoms with Crippen molar-refractivity contribution in [2.75, 3.05) is 6.54 Å². The molecule has 0 aromatic heterocycles. The summed E-state index contributed by atoms with van der Waals surface area (Å²) in [5, 5.41) is 1.82. The van der Waals surface area contributed by atoms with Crippen LogP contribution in [0.15, 0.2) is 30.3 Å². The van der Waals surface area contributed by atoms with Crippen molar-refractivity contribution in [1.29, 1.82) is 0 Å². The SMILES string of the molecule is NC[C@@H]1Cc2cc(Cl)cc(-c3ccc(Cl)cc3Cl)c2O1. The largest absolute Gasteiger partial charge is 0.488 e. The predicted octanol–water partition coefficient (Wildman–Crippen LogP) is 4.58. The lowest BCUT2D eigenvalue weighted by Crippen LogP contribution is -2.24. The Morgan fingerprint density at radius 1 is 1.05 bits per heavy atom. The average Bonchev–Trinajstić information content (AvgIpc) is 2.81. The molecule has 3 rings (SSSR count). The Kier molecular flexibility index (Phi) is 3.83. The molecule has 0 unspecified atom stereocenters. The Bertz CT molecular complexity index is 672. The van der Waals surface area contributed by atoms with Gasteiger partial charge in [-0.05, 0) is 29.8 Å². The van der Waals surface area contributed by atoms with E-state index in [4.69, 9.17) is 45.3 Å². The van der Waals surface area contributed by atoms with Gasteiger partial charge in [0.1, 0.15) is 11.9 Å². The highest BCUT2D eigenvalue weighted by atomic mass is 35.5. The van der Waals surface area contributed by atoms with Gasteiger partial charge in [-0.3, -0.25) is 0 Å². The molecule has 5 heteroatoms. The molecule has 0 saturated heterocycles. The van der Waals surface area contributed by atoms with E-state index in [1.54, 1.807) is 12.1 Å². The lowest BCUT2D eigenvalue weighted by atomic mass is 10.0. The molecule has 2 nitrogen and oxygen atoms in total. The summed E-state index contributed by atoms with van der Waals surface area (Å²) in [6.45, 7) is 0.472. The van der Waals surface area contributed by atoms with E-state index in [0.717, 1.165) is 28.9 Å². The van der Waals surface area contributed by atoms with Crippen LogP contribution in [-0.2, 0) is 6.42 Å². The van der Waals surface area contributed by atoms with Gasteiger partial charge >= 0.3 is 0 Å². The van der Waals surface area contributed by atoms with E-state index in [0.29, 0.717) is 21.6 Å². The Balaban J connectivity index is 2.15. The summed E-state index contributed by atoms with van der Waals surface area (Å²) in [6.07, 6.45) is 0.762. The van der Waals surface area contributed by atoms with Crippen LogP contribution in [0.2, 0.25) is 15.1 Å². The molecule has 1 aliphatic rings. The van der Waals surface area contributed by atoms with Crippen LogP contribution in [0, 0.1) is 0 Å². The highest BCUT2D eigenvalue weighted by Crippen LogP contribution is 2.43. The second-order valence-corrected chi connectivity index (χ2v) is 6.03. The first kappa shape index (κ1) is 14.0. The Morgan fingerprint density at radius 2 is 1.85 bits per heavy atom. The molecule has 0 bridgehead atoms. The van der Waals surface area contributed by atoms with Crippen molar-refractivity contribution < 1.29 is 4.74 Å². The van der Waals surface area contributed by atoms with Crippen molar-refractivity contribution in [3.8, 4) is 16.9 Å². The lowest BCUT2D eigenvalue weighted by Gasteiger charge is -2.12. The van der Waals surface area contributed by atoms with Gasteiger partial charge in [0, 0.05) is 34.1 Å². The molecule has 2 aromatic carbocycles. The maximum Gasteiger partial charge on any atom is 0.131 e. The maximum absolute atomic E-state index is 6.28. The Labute approximate surface area is 132 Å². The number of rotatable bonds is 2. The van der Waals surface area contributed by atoms with Crippen molar-refractivity contribution in [3.05, 3.63) is 51.0 Å². The van der Waals surface area contributed by atoms with E-state index in [1.165, 1.54) is 0 Å². The standard InChI is InChI=1S/C15H12Cl3NO/c16-9-1-2-12(14(18)6-9)13-5-10(17)3-8-4-11(7-19)20-15(8)13/h1-3,5-6,11H,4,7,19H2/t11-/m0/s1. The minimum absolute atomic E-state index is 0.00621. The molecule has 104 valence electrons. The predicted molar refractivity (Wildman–Crippen MR) is 84.1 cm³/mol. The third-order valence-electron chi connectivity index (χ3n) is 3.35. The monoisotopic (exact) mass is 327 g/mol. The summed E-state index contributed by atoms with van der Waals surface area (Å²) in [5.74, 6) is 0.814. The zero-order valence-electron chi connectivity index (χ0n) is 10.5. The molecule has 2 aromatic rings. The summed E-state index contributed by atoms with van der Waals surface area (Å²) >= 11 is 18.4. The second kappa shape index (κ2) is 5.45. The molecule has 0 saturated carbocycles. The van der Waals surface area contributed by atoms with Gasteiger partial charge in [-0.1, -0.05) is 40.9 Å². The fraction of sp³-hybridized carbons (Fsp3) is 0.200. The number of benzene rings is 2. The van der Waals surface area contributed by atoms with E-state index >= 15 is 0 Å². The van der Waals surface area contributed by atoms with Crippen LogP contribution in [0.5, 0.6) is 5.75 Å². The normalized spacial score (nSPS) is 16.9. The second-order valence-electron chi connectivity index (χ2n) is 4.75. The van der Waals surface area contributed by atoms with Gasteiger partial charge in [-0.25, -0.2) is 0 Å². The summed E-state index contributed by atoms with van der Waals surface area (Å²) in [7, 11) is 0.